The second-order valence-corrected chi connectivity index (χ2v) is 9.14. The average Bonchev–Trinajstić information content (AvgIpc) is 2.88. The van der Waals surface area contributed by atoms with Crippen molar-refractivity contribution < 1.29 is 4.79 Å². The van der Waals surface area contributed by atoms with Crippen molar-refractivity contribution in [1.82, 2.24) is 10.6 Å². The molecule has 34 heavy (non-hydrogen) atoms. The van der Waals surface area contributed by atoms with Gasteiger partial charge in [-0.25, -0.2) is 0 Å². The summed E-state index contributed by atoms with van der Waals surface area (Å²) in [5, 5.41) is 16.6. The highest BCUT2D eigenvalue weighted by molar-refractivity contribution is 5.81. The summed E-state index contributed by atoms with van der Waals surface area (Å²) in [6.45, 7) is 6.61. The molecule has 176 valence electrons. The van der Waals surface area contributed by atoms with Gasteiger partial charge in [-0.05, 0) is 42.4 Å². The van der Waals surface area contributed by atoms with E-state index in [1.807, 2.05) is 73.7 Å². The Morgan fingerprint density at radius 3 is 1.82 bits per heavy atom. The van der Waals surface area contributed by atoms with Crippen molar-refractivity contribution in [3.05, 3.63) is 108 Å². The molecule has 0 saturated carbocycles. The predicted octanol–water partition coefficient (Wildman–Crippen LogP) is 5.77. The van der Waals surface area contributed by atoms with Crippen molar-refractivity contribution in [3.63, 3.8) is 0 Å². The summed E-state index contributed by atoms with van der Waals surface area (Å²) >= 11 is 0. The fraction of sp³-hybridized carbons (Fsp3) is 0.333. The highest BCUT2D eigenvalue weighted by atomic mass is 16.2. The minimum Gasteiger partial charge on any atom is -0.355 e. The van der Waals surface area contributed by atoms with Crippen LogP contribution in [0.4, 0.5) is 0 Å². The standard InChI is InChI=1S/C30H35N3O/c1-23(2)30(22-31,27-18-11-6-12-19-27)20-13-21-32-29(34)24(3)33-28(25-14-7-4-8-15-25)26-16-9-5-10-17-26/h4-12,14-19,23-24,28,33H,13,20-21H2,1-3H3,(H,32,34)/t24-,30?/m0/s1. The van der Waals surface area contributed by atoms with E-state index in [1.165, 1.54) is 0 Å². The smallest absolute Gasteiger partial charge is 0.236 e. The molecule has 2 N–H and O–H groups in total. The molecule has 1 amide bonds. The van der Waals surface area contributed by atoms with Crippen LogP contribution in [0, 0.1) is 17.2 Å². The van der Waals surface area contributed by atoms with E-state index in [0.717, 1.165) is 23.1 Å². The molecule has 4 heteroatoms. The van der Waals surface area contributed by atoms with Gasteiger partial charge in [0, 0.05) is 6.54 Å². The molecular weight excluding hydrogens is 418 g/mol. The first kappa shape index (κ1) is 25.2. The first-order valence-electron chi connectivity index (χ1n) is 12.1. The van der Waals surface area contributed by atoms with Gasteiger partial charge < -0.3 is 5.32 Å². The fourth-order valence-corrected chi connectivity index (χ4v) is 4.48. The van der Waals surface area contributed by atoms with Crippen molar-refractivity contribution in [2.24, 2.45) is 5.92 Å². The summed E-state index contributed by atoms with van der Waals surface area (Å²) in [5.41, 5.74) is 2.73. The number of nitrogens with zero attached hydrogens (tertiary/aromatic N) is 1. The molecule has 0 aromatic heterocycles. The molecule has 0 spiro atoms. The Morgan fingerprint density at radius 1 is 0.853 bits per heavy atom. The second-order valence-electron chi connectivity index (χ2n) is 9.14. The number of amides is 1. The van der Waals surface area contributed by atoms with Gasteiger partial charge in [-0.2, -0.15) is 5.26 Å². The number of carbonyl (C=O) groups excluding carboxylic acids is 1. The lowest BCUT2D eigenvalue weighted by atomic mass is 9.70. The normalized spacial score (nSPS) is 13.8. The van der Waals surface area contributed by atoms with Crippen LogP contribution in [0.15, 0.2) is 91.0 Å². The number of carbonyl (C=O) groups is 1. The molecule has 3 aromatic carbocycles. The fourth-order valence-electron chi connectivity index (χ4n) is 4.48. The summed E-state index contributed by atoms with van der Waals surface area (Å²) in [5.74, 6) is 0.136. The van der Waals surface area contributed by atoms with Gasteiger partial charge in [0.05, 0.1) is 23.6 Å². The topological polar surface area (TPSA) is 64.9 Å². The molecule has 3 aromatic rings. The van der Waals surface area contributed by atoms with Crippen molar-refractivity contribution in [2.45, 2.75) is 51.1 Å². The second kappa shape index (κ2) is 12.2. The van der Waals surface area contributed by atoms with Crippen molar-refractivity contribution >= 4 is 5.91 Å². The van der Waals surface area contributed by atoms with Crippen LogP contribution in [0.25, 0.3) is 0 Å². The van der Waals surface area contributed by atoms with Gasteiger partial charge in [0.25, 0.3) is 0 Å². The van der Waals surface area contributed by atoms with E-state index in [4.69, 9.17) is 0 Å². The number of hydrogen-bond donors (Lipinski definition) is 2. The minimum absolute atomic E-state index is 0.0383. The van der Waals surface area contributed by atoms with Gasteiger partial charge in [0.15, 0.2) is 0 Å². The Hall–Kier alpha value is -3.42. The van der Waals surface area contributed by atoms with Crippen LogP contribution in [0.5, 0.6) is 0 Å². The maximum atomic E-state index is 12.9. The third kappa shape index (κ3) is 6.12. The van der Waals surface area contributed by atoms with E-state index in [-0.39, 0.29) is 23.9 Å². The summed E-state index contributed by atoms with van der Waals surface area (Å²) in [6, 6.07) is 32.5. The minimum atomic E-state index is -0.554. The predicted molar refractivity (Wildman–Crippen MR) is 138 cm³/mol. The van der Waals surface area contributed by atoms with Crippen LogP contribution < -0.4 is 10.6 Å². The lowest BCUT2D eigenvalue weighted by Gasteiger charge is -2.31. The number of benzene rings is 3. The van der Waals surface area contributed by atoms with E-state index in [0.29, 0.717) is 13.0 Å². The molecule has 0 saturated heterocycles. The Bertz CT molecular complexity index is 1020. The number of rotatable bonds is 11. The van der Waals surface area contributed by atoms with Crippen LogP contribution in [0.2, 0.25) is 0 Å². The van der Waals surface area contributed by atoms with Gasteiger partial charge in [-0.1, -0.05) is 105 Å². The van der Waals surface area contributed by atoms with Gasteiger partial charge >= 0.3 is 0 Å². The Balaban J connectivity index is 1.60. The summed E-state index contributed by atoms with van der Waals surface area (Å²) in [7, 11) is 0. The monoisotopic (exact) mass is 453 g/mol. The first-order valence-corrected chi connectivity index (χ1v) is 12.1. The molecule has 0 aliphatic heterocycles. The molecule has 0 fully saturated rings. The van der Waals surface area contributed by atoms with Gasteiger partial charge in [-0.15, -0.1) is 0 Å². The third-order valence-electron chi connectivity index (χ3n) is 6.60. The van der Waals surface area contributed by atoms with E-state index in [1.54, 1.807) is 0 Å². The van der Waals surface area contributed by atoms with Crippen molar-refractivity contribution in [2.75, 3.05) is 6.54 Å². The molecule has 0 aliphatic carbocycles. The molecule has 0 radical (unpaired) electrons. The van der Waals surface area contributed by atoms with Gasteiger partial charge in [0.2, 0.25) is 5.91 Å². The molecule has 4 nitrogen and oxygen atoms in total. The molecular formula is C30H35N3O. The highest BCUT2D eigenvalue weighted by Crippen LogP contribution is 2.36. The SMILES string of the molecule is CC(C)C(C#N)(CCCNC(=O)[C@H](C)NC(c1ccccc1)c1ccccc1)c1ccccc1. The highest BCUT2D eigenvalue weighted by Gasteiger charge is 2.35. The molecule has 0 aliphatic rings. The number of nitrogens with one attached hydrogen (secondary N) is 2. The van der Waals surface area contributed by atoms with Crippen LogP contribution >= 0.6 is 0 Å². The lowest BCUT2D eigenvalue weighted by molar-refractivity contribution is -0.122. The number of hydrogen-bond acceptors (Lipinski definition) is 3. The molecule has 3 rings (SSSR count). The van der Waals surface area contributed by atoms with E-state index in [2.05, 4.69) is 54.8 Å². The summed E-state index contributed by atoms with van der Waals surface area (Å²) in [4.78, 5) is 12.9. The number of nitriles is 1. The molecule has 0 heterocycles. The molecule has 1 unspecified atom stereocenters. The van der Waals surface area contributed by atoms with Crippen molar-refractivity contribution in [1.29, 1.82) is 5.26 Å². The Morgan fingerprint density at radius 2 is 1.35 bits per heavy atom. The average molecular weight is 454 g/mol. The zero-order chi connectivity index (χ0) is 24.4. The van der Waals surface area contributed by atoms with Crippen molar-refractivity contribution in [3.8, 4) is 6.07 Å². The molecule has 0 bridgehead atoms. The maximum absolute atomic E-state index is 12.9. The lowest BCUT2D eigenvalue weighted by Crippen LogP contribution is -2.44. The third-order valence-corrected chi connectivity index (χ3v) is 6.60. The Kier molecular flexibility index (Phi) is 9.01. The van der Waals surface area contributed by atoms with E-state index in [9.17, 15) is 10.1 Å². The Labute approximate surface area is 204 Å². The quantitative estimate of drug-likeness (QED) is 0.362. The zero-order valence-corrected chi connectivity index (χ0v) is 20.4. The first-order chi connectivity index (χ1) is 16.5. The van der Waals surface area contributed by atoms with Crippen LogP contribution in [-0.2, 0) is 10.2 Å². The van der Waals surface area contributed by atoms with Crippen LogP contribution in [-0.4, -0.2) is 18.5 Å². The zero-order valence-electron chi connectivity index (χ0n) is 20.4. The van der Waals surface area contributed by atoms with E-state index < -0.39 is 5.41 Å². The van der Waals surface area contributed by atoms with Crippen LogP contribution in [0.1, 0.15) is 56.3 Å². The van der Waals surface area contributed by atoms with Gasteiger partial charge in [0.1, 0.15) is 0 Å². The molecule has 2 atom stereocenters. The van der Waals surface area contributed by atoms with Crippen LogP contribution in [0.3, 0.4) is 0 Å². The summed E-state index contributed by atoms with van der Waals surface area (Å²) in [6.07, 6.45) is 1.43. The summed E-state index contributed by atoms with van der Waals surface area (Å²) < 4.78 is 0. The largest absolute Gasteiger partial charge is 0.355 e. The van der Waals surface area contributed by atoms with Gasteiger partial charge in [-0.3, -0.25) is 10.1 Å². The van der Waals surface area contributed by atoms with E-state index >= 15 is 0 Å². The maximum Gasteiger partial charge on any atom is 0.236 e.